The Hall–Kier alpha value is -2.80. The molecule has 0 aliphatic carbocycles. The number of aromatic nitrogens is 3. The summed E-state index contributed by atoms with van der Waals surface area (Å²) in [5.74, 6) is 1.46. The van der Waals surface area contributed by atoms with Crippen molar-refractivity contribution in [3.63, 3.8) is 0 Å². The van der Waals surface area contributed by atoms with Crippen molar-refractivity contribution in [2.75, 3.05) is 12.4 Å². The minimum atomic E-state index is -0.320. The monoisotopic (exact) mass is 424 g/mol. The van der Waals surface area contributed by atoms with Gasteiger partial charge in [-0.3, -0.25) is 4.79 Å². The molecule has 0 radical (unpaired) electrons. The van der Waals surface area contributed by atoms with Crippen molar-refractivity contribution < 1.29 is 9.53 Å². The maximum absolute atomic E-state index is 12.7. The maximum atomic E-state index is 12.7. The number of nitrogens with one attached hydrogen (secondary N) is 1. The molecule has 1 amide bonds. The number of nitrogens with zero attached hydrogens (tertiary/aromatic N) is 3. The van der Waals surface area contributed by atoms with Gasteiger partial charge in [-0.2, -0.15) is 0 Å². The molecule has 7 heteroatoms. The lowest BCUT2D eigenvalue weighted by Gasteiger charge is -2.19. The Balaban J connectivity index is 1.66. The highest BCUT2D eigenvalue weighted by Gasteiger charge is 2.20. The Morgan fingerprint density at radius 3 is 2.27 bits per heavy atom. The zero-order valence-corrected chi connectivity index (χ0v) is 19.1. The number of amides is 1. The molecular formula is C23H28N4O2S. The van der Waals surface area contributed by atoms with Crippen LogP contribution in [0.2, 0.25) is 0 Å². The van der Waals surface area contributed by atoms with Gasteiger partial charge in [0.15, 0.2) is 11.0 Å². The van der Waals surface area contributed by atoms with Gasteiger partial charge in [0.25, 0.3) is 0 Å². The van der Waals surface area contributed by atoms with Crippen LogP contribution in [0.15, 0.2) is 53.7 Å². The fourth-order valence-electron chi connectivity index (χ4n) is 2.92. The molecule has 3 rings (SSSR count). The first-order chi connectivity index (χ1) is 14.2. The van der Waals surface area contributed by atoms with Crippen LogP contribution < -0.4 is 10.1 Å². The van der Waals surface area contributed by atoms with Crippen LogP contribution in [0.3, 0.4) is 0 Å². The molecule has 158 valence electrons. The smallest absolute Gasteiger partial charge is 0.237 e. The number of carbonyl (C=O) groups excluding carboxylic acids is 1. The summed E-state index contributed by atoms with van der Waals surface area (Å²) in [6.07, 6.45) is 0. The first-order valence-corrected chi connectivity index (χ1v) is 10.7. The van der Waals surface area contributed by atoms with Crippen LogP contribution in [-0.2, 0) is 17.3 Å². The van der Waals surface area contributed by atoms with Crippen LogP contribution in [0.5, 0.6) is 5.75 Å². The first-order valence-electron chi connectivity index (χ1n) is 9.81. The average Bonchev–Trinajstić information content (AvgIpc) is 3.08. The van der Waals surface area contributed by atoms with Gasteiger partial charge in [-0.15, -0.1) is 10.2 Å². The normalized spacial score (nSPS) is 12.5. The number of ether oxygens (including phenoxy) is 1. The number of hydrogen-bond acceptors (Lipinski definition) is 5. The lowest BCUT2D eigenvalue weighted by atomic mass is 9.87. The summed E-state index contributed by atoms with van der Waals surface area (Å²) in [7, 11) is 3.54. The minimum absolute atomic E-state index is 0.0718. The summed E-state index contributed by atoms with van der Waals surface area (Å²) in [6.45, 7) is 8.37. The van der Waals surface area contributed by atoms with Crippen LogP contribution in [-0.4, -0.2) is 33.0 Å². The maximum Gasteiger partial charge on any atom is 0.237 e. The van der Waals surface area contributed by atoms with Crippen molar-refractivity contribution in [2.45, 2.75) is 43.5 Å². The van der Waals surface area contributed by atoms with E-state index < -0.39 is 0 Å². The van der Waals surface area contributed by atoms with E-state index in [0.717, 1.165) is 22.8 Å². The molecule has 0 saturated carbocycles. The van der Waals surface area contributed by atoms with Gasteiger partial charge in [0.1, 0.15) is 5.75 Å². The second-order valence-corrected chi connectivity index (χ2v) is 9.48. The predicted molar refractivity (Wildman–Crippen MR) is 122 cm³/mol. The minimum Gasteiger partial charge on any atom is -0.497 e. The molecule has 0 bridgehead atoms. The third-order valence-electron chi connectivity index (χ3n) is 4.85. The van der Waals surface area contributed by atoms with Crippen molar-refractivity contribution in [2.24, 2.45) is 7.05 Å². The van der Waals surface area contributed by atoms with Gasteiger partial charge in [0.2, 0.25) is 5.91 Å². The van der Waals surface area contributed by atoms with Crippen molar-refractivity contribution >= 4 is 23.4 Å². The van der Waals surface area contributed by atoms with Gasteiger partial charge < -0.3 is 14.6 Å². The molecule has 0 saturated heterocycles. The lowest BCUT2D eigenvalue weighted by molar-refractivity contribution is -0.115. The molecule has 0 aliphatic heterocycles. The molecule has 0 spiro atoms. The summed E-state index contributed by atoms with van der Waals surface area (Å²) in [4.78, 5) is 12.7. The predicted octanol–water partition coefficient (Wildman–Crippen LogP) is 4.91. The van der Waals surface area contributed by atoms with Crippen LogP contribution in [0.4, 0.5) is 5.69 Å². The fraction of sp³-hybridized carbons (Fsp3) is 0.348. The SMILES string of the molecule is COc1ccc(-c2nnc(SC(C)C(=O)Nc3ccc(C(C)(C)C)cc3)n2C)cc1. The average molecular weight is 425 g/mol. The highest BCUT2D eigenvalue weighted by molar-refractivity contribution is 8.00. The highest BCUT2D eigenvalue weighted by Crippen LogP contribution is 2.28. The molecule has 30 heavy (non-hydrogen) atoms. The fourth-order valence-corrected chi connectivity index (χ4v) is 3.73. The zero-order valence-electron chi connectivity index (χ0n) is 18.3. The number of carbonyl (C=O) groups is 1. The quantitative estimate of drug-likeness (QED) is 0.570. The molecule has 1 N–H and O–H groups in total. The third kappa shape index (κ3) is 5.02. The topological polar surface area (TPSA) is 69.0 Å². The summed E-state index contributed by atoms with van der Waals surface area (Å²) < 4.78 is 7.10. The van der Waals surface area contributed by atoms with Gasteiger partial charge in [0.05, 0.1) is 12.4 Å². The summed E-state index contributed by atoms with van der Waals surface area (Å²) in [5, 5.41) is 11.9. The van der Waals surface area contributed by atoms with E-state index in [1.54, 1.807) is 7.11 Å². The van der Waals surface area contributed by atoms with Crippen LogP contribution in [0, 0.1) is 0 Å². The number of methoxy groups -OCH3 is 1. The molecule has 0 fully saturated rings. The van der Waals surface area contributed by atoms with E-state index in [2.05, 4.69) is 48.4 Å². The molecule has 6 nitrogen and oxygen atoms in total. The number of benzene rings is 2. The number of anilines is 1. The van der Waals surface area contributed by atoms with Crippen molar-refractivity contribution in [1.29, 1.82) is 0 Å². The highest BCUT2D eigenvalue weighted by atomic mass is 32.2. The Morgan fingerprint density at radius 2 is 1.70 bits per heavy atom. The van der Waals surface area contributed by atoms with Crippen LogP contribution in [0.25, 0.3) is 11.4 Å². The molecule has 0 aliphatic rings. The second-order valence-electron chi connectivity index (χ2n) is 8.17. The summed E-state index contributed by atoms with van der Waals surface area (Å²) in [5.41, 5.74) is 3.04. The Labute approximate surface area is 182 Å². The van der Waals surface area contributed by atoms with Crippen molar-refractivity contribution in [3.8, 4) is 17.1 Å². The number of thioether (sulfide) groups is 1. The van der Waals surface area contributed by atoms with Gasteiger partial charge >= 0.3 is 0 Å². The lowest BCUT2D eigenvalue weighted by Crippen LogP contribution is -2.23. The van der Waals surface area contributed by atoms with E-state index in [4.69, 9.17) is 4.74 Å². The Morgan fingerprint density at radius 1 is 1.07 bits per heavy atom. The van der Waals surface area contributed by atoms with Gasteiger partial charge in [0, 0.05) is 18.3 Å². The molecular weight excluding hydrogens is 396 g/mol. The molecule has 1 heterocycles. The van der Waals surface area contributed by atoms with Crippen LogP contribution >= 0.6 is 11.8 Å². The number of rotatable bonds is 6. The van der Waals surface area contributed by atoms with E-state index in [1.807, 2.05) is 54.9 Å². The molecule has 2 aromatic carbocycles. The summed E-state index contributed by atoms with van der Waals surface area (Å²) in [6, 6.07) is 15.6. The van der Waals surface area contributed by atoms with Gasteiger partial charge in [-0.1, -0.05) is 44.7 Å². The Kier molecular flexibility index (Phi) is 6.51. The second kappa shape index (κ2) is 8.92. The van der Waals surface area contributed by atoms with Gasteiger partial charge in [-0.25, -0.2) is 0 Å². The molecule has 1 aromatic heterocycles. The largest absolute Gasteiger partial charge is 0.497 e. The number of hydrogen-bond donors (Lipinski definition) is 1. The van der Waals surface area contributed by atoms with Gasteiger partial charge in [-0.05, 0) is 54.3 Å². The molecule has 1 unspecified atom stereocenters. The van der Waals surface area contributed by atoms with E-state index in [1.165, 1.54) is 17.3 Å². The molecule has 3 aromatic rings. The molecule has 1 atom stereocenters. The van der Waals surface area contributed by atoms with Crippen LogP contribution in [0.1, 0.15) is 33.3 Å². The van der Waals surface area contributed by atoms with E-state index in [-0.39, 0.29) is 16.6 Å². The zero-order chi connectivity index (χ0) is 21.9. The van der Waals surface area contributed by atoms with E-state index in [0.29, 0.717) is 5.16 Å². The first kappa shape index (κ1) is 21.9. The van der Waals surface area contributed by atoms with E-state index in [9.17, 15) is 4.79 Å². The Bertz CT molecular complexity index is 1010. The third-order valence-corrected chi connectivity index (χ3v) is 5.99. The standard InChI is InChI=1S/C23H28N4O2S/c1-15(21(28)24-18-11-9-17(10-12-18)23(2,3)4)30-22-26-25-20(27(22)5)16-7-13-19(29-6)14-8-16/h7-15H,1-6H3,(H,24,28). The van der Waals surface area contributed by atoms with E-state index >= 15 is 0 Å². The van der Waals surface area contributed by atoms with Crippen molar-refractivity contribution in [3.05, 3.63) is 54.1 Å². The summed E-state index contributed by atoms with van der Waals surface area (Å²) >= 11 is 1.38. The van der Waals surface area contributed by atoms with Crippen molar-refractivity contribution in [1.82, 2.24) is 14.8 Å².